The van der Waals surface area contributed by atoms with E-state index in [0.717, 1.165) is 25.2 Å². The molecule has 0 aromatic carbocycles. The van der Waals surface area contributed by atoms with E-state index < -0.39 is 0 Å². The standard InChI is InChI=1S/C16H25N3/c1-11-14-9-12(10-17)7-8-15(14)19-16(18-11)13-5-3-2-4-6-13/h12-13H,2-10,17H2,1H3. The number of nitrogens with zero attached hydrogens (tertiary/aromatic N) is 2. The summed E-state index contributed by atoms with van der Waals surface area (Å²) in [7, 11) is 0. The Balaban J connectivity index is 1.87. The fourth-order valence-electron chi connectivity index (χ4n) is 3.63. The van der Waals surface area contributed by atoms with Gasteiger partial charge in [0.1, 0.15) is 5.82 Å². The number of hydrogen-bond donors (Lipinski definition) is 1. The summed E-state index contributed by atoms with van der Waals surface area (Å²) in [5.41, 5.74) is 9.74. The van der Waals surface area contributed by atoms with Gasteiger partial charge in [0.25, 0.3) is 0 Å². The summed E-state index contributed by atoms with van der Waals surface area (Å²) in [5, 5.41) is 0. The smallest absolute Gasteiger partial charge is 0.131 e. The first-order valence-electron chi connectivity index (χ1n) is 7.84. The van der Waals surface area contributed by atoms with Gasteiger partial charge in [-0.15, -0.1) is 0 Å². The van der Waals surface area contributed by atoms with Crippen molar-refractivity contribution in [2.24, 2.45) is 11.7 Å². The van der Waals surface area contributed by atoms with E-state index in [2.05, 4.69) is 6.92 Å². The van der Waals surface area contributed by atoms with Gasteiger partial charge in [0, 0.05) is 17.3 Å². The maximum Gasteiger partial charge on any atom is 0.131 e. The van der Waals surface area contributed by atoms with E-state index in [1.54, 1.807) is 0 Å². The third-order valence-electron chi connectivity index (χ3n) is 4.90. The Morgan fingerprint density at radius 2 is 1.89 bits per heavy atom. The zero-order chi connectivity index (χ0) is 13.2. The molecular weight excluding hydrogens is 234 g/mol. The van der Waals surface area contributed by atoms with Crippen molar-refractivity contribution in [3.63, 3.8) is 0 Å². The minimum absolute atomic E-state index is 0.616. The Morgan fingerprint density at radius 3 is 2.63 bits per heavy atom. The first-order chi connectivity index (χ1) is 9.28. The number of aromatic nitrogens is 2. The van der Waals surface area contributed by atoms with Gasteiger partial charge in [0.15, 0.2) is 0 Å². The lowest BCUT2D eigenvalue weighted by molar-refractivity contribution is 0.419. The molecule has 104 valence electrons. The Kier molecular flexibility index (Phi) is 3.83. The average Bonchev–Trinajstić information content (AvgIpc) is 2.48. The minimum atomic E-state index is 0.616. The number of fused-ring (bicyclic) bond motifs is 1. The van der Waals surface area contributed by atoms with Crippen LogP contribution in [0, 0.1) is 12.8 Å². The summed E-state index contributed by atoms with van der Waals surface area (Å²) in [4.78, 5) is 9.74. The first-order valence-corrected chi connectivity index (χ1v) is 7.84. The number of hydrogen-bond acceptors (Lipinski definition) is 3. The van der Waals surface area contributed by atoms with Gasteiger partial charge in [-0.05, 0) is 57.1 Å². The van der Waals surface area contributed by atoms with Crippen LogP contribution >= 0.6 is 0 Å². The van der Waals surface area contributed by atoms with Crippen LogP contribution in [0.25, 0.3) is 0 Å². The molecule has 0 aliphatic heterocycles. The molecule has 1 aromatic heterocycles. The van der Waals surface area contributed by atoms with Gasteiger partial charge in [-0.25, -0.2) is 9.97 Å². The van der Waals surface area contributed by atoms with Crippen LogP contribution in [-0.2, 0) is 12.8 Å². The highest BCUT2D eigenvalue weighted by atomic mass is 14.9. The maximum atomic E-state index is 5.82. The molecule has 3 rings (SSSR count). The lowest BCUT2D eigenvalue weighted by atomic mass is 9.84. The molecule has 0 radical (unpaired) electrons. The van der Waals surface area contributed by atoms with E-state index in [9.17, 15) is 0 Å². The molecule has 2 N–H and O–H groups in total. The van der Waals surface area contributed by atoms with E-state index in [4.69, 9.17) is 15.7 Å². The molecule has 3 nitrogen and oxygen atoms in total. The highest BCUT2D eigenvalue weighted by Gasteiger charge is 2.24. The largest absolute Gasteiger partial charge is 0.330 e. The second kappa shape index (κ2) is 5.58. The zero-order valence-corrected chi connectivity index (χ0v) is 12.0. The molecule has 1 atom stereocenters. The predicted octanol–water partition coefficient (Wildman–Crippen LogP) is 2.90. The van der Waals surface area contributed by atoms with E-state index >= 15 is 0 Å². The van der Waals surface area contributed by atoms with Crippen LogP contribution in [-0.4, -0.2) is 16.5 Å². The van der Waals surface area contributed by atoms with Crippen molar-refractivity contribution >= 4 is 0 Å². The Hall–Kier alpha value is -0.960. The third kappa shape index (κ3) is 2.66. The topological polar surface area (TPSA) is 51.8 Å². The van der Waals surface area contributed by atoms with Gasteiger partial charge in [0.2, 0.25) is 0 Å². The highest BCUT2D eigenvalue weighted by molar-refractivity contribution is 5.29. The second-order valence-electron chi connectivity index (χ2n) is 6.27. The molecular formula is C16H25N3. The molecule has 1 aromatic rings. The molecule has 3 heteroatoms. The maximum absolute atomic E-state index is 5.82. The fraction of sp³-hybridized carbons (Fsp3) is 0.750. The Morgan fingerprint density at radius 1 is 1.11 bits per heavy atom. The van der Waals surface area contributed by atoms with Gasteiger partial charge >= 0.3 is 0 Å². The summed E-state index contributed by atoms with van der Waals surface area (Å²) in [5.74, 6) is 2.38. The monoisotopic (exact) mass is 259 g/mol. The van der Waals surface area contributed by atoms with Crippen molar-refractivity contribution < 1.29 is 0 Å². The molecule has 1 unspecified atom stereocenters. The zero-order valence-electron chi connectivity index (χ0n) is 12.0. The van der Waals surface area contributed by atoms with Crippen LogP contribution in [0.15, 0.2) is 0 Å². The number of aryl methyl sites for hydroxylation is 2. The lowest BCUT2D eigenvalue weighted by Crippen LogP contribution is -2.25. The van der Waals surface area contributed by atoms with Crippen molar-refractivity contribution in [2.75, 3.05) is 6.54 Å². The molecule has 19 heavy (non-hydrogen) atoms. The number of rotatable bonds is 2. The SMILES string of the molecule is Cc1nc(C2CCCCC2)nc2c1CC(CN)CC2. The molecule has 2 aliphatic rings. The summed E-state index contributed by atoms with van der Waals surface area (Å²) in [6.07, 6.45) is 10.0. The summed E-state index contributed by atoms with van der Waals surface area (Å²) >= 11 is 0. The van der Waals surface area contributed by atoms with E-state index in [1.807, 2.05) is 0 Å². The van der Waals surface area contributed by atoms with Crippen LogP contribution in [0.4, 0.5) is 0 Å². The molecule has 0 amide bonds. The van der Waals surface area contributed by atoms with Crippen LogP contribution in [0.1, 0.15) is 67.2 Å². The van der Waals surface area contributed by atoms with E-state index in [0.29, 0.717) is 11.8 Å². The van der Waals surface area contributed by atoms with Crippen molar-refractivity contribution in [3.05, 3.63) is 22.8 Å². The summed E-state index contributed by atoms with van der Waals surface area (Å²) in [6, 6.07) is 0. The summed E-state index contributed by atoms with van der Waals surface area (Å²) < 4.78 is 0. The van der Waals surface area contributed by atoms with Gasteiger partial charge < -0.3 is 5.73 Å². The lowest BCUT2D eigenvalue weighted by Gasteiger charge is -2.26. The predicted molar refractivity (Wildman–Crippen MR) is 77.2 cm³/mol. The number of nitrogens with two attached hydrogens (primary N) is 1. The van der Waals surface area contributed by atoms with E-state index in [1.165, 1.54) is 55.5 Å². The molecule has 2 aliphatic carbocycles. The molecule has 1 saturated carbocycles. The molecule has 0 bridgehead atoms. The van der Waals surface area contributed by atoms with Gasteiger partial charge in [0.05, 0.1) is 0 Å². The van der Waals surface area contributed by atoms with Crippen LogP contribution in [0.2, 0.25) is 0 Å². The van der Waals surface area contributed by atoms with Crippen LogP contribution < -0.4 is 5.73 Å². The molecule has 1 fully saturated rings. The second-order valence-corrected chi connectivity index (χ2v) is 6.27. The fourth-order valence-corrected chi connectivity index (χ4v) is 3.63. The minimum Gasteiger partial charge on any atom is -0.330 e. The molecule has 0 saturated heterocycles. The van der Waals surface area contributed by atoms with Crippen LogP contribution in [0.3, 0.4) is 0 Å². The van der Waals surface area contributed by atoms with Gasteiger partial charge in [-0.1, -0.05) is 19.3 Å². The quantitative estimate of drug-likeness (QED) is 0.888. The van der Waals surface area contributed by atoms with Crippen molar-refractivity contribution in [2.45, 2.75) is 64.2 Å². The average molecular weight is 259 g/mol. The third-order valence-corrected chi connectivity index (χ3v) is 4.90. The van der Waals surface area contributed by atoms with Crippen molar-refractivity contribution in [3.8, 4) is 0 Å². The normalized spacial score (nSPS) is 24.2. The summed E-state index contributed by atoms with van der Waals surface area (Å²) in [6.45, 7) is 2.95. The van der Waals surface area contributed by atoms with Gasteiger partial charge in [-0.3, -0.25) is 0 Å². The molecule has 0 spiro atoms. The van der Waals surface area contributed by atoms with Crippen LogP contribution in [0.5, 0.6) is 0 Å². The first kappa shape index (κ1) is 13.0. The van der Waals surface area contributed by atoms with E-state index in [-0.39, 0.29) is 0 Å². The Labute approximate surface area is 116 Å². The van der Waals surface area contributed by atoms with Gasteiger partial charge in [-0.2, -0.15) is 0 Å². The Bertz CT molecular complexity index is 450. The molecule has 1 heterocycles. The highest BCUT2D eigenvalue weighted by Crippen LogP contribution is 2.33. The van der Waals surface area contributed by atoms with Crippen molar-refractivity contribution in [1.29, 1.82) is 0 Å². The van der Waals surface area contributed by atoms with Crippen molar-refractivity contribution in [1.82, 2.24) is 9.97 Å².